The average molecular weight is 538 g/mol. The van der Waals surface area contributed by atoms with Crippen LogP contribution in [0.2, 0.25) is 0 Å². The van der Waals surface area contributed by atoms with Crippen molar-refractivity contribution < 1.29 is 19.1 Å². The van der Waals surface area contributed by atoms with E-state index in [9.17, 15) is 9.59 Å². The molecule has 0 aliphatic carbocycles. The van der Waals surface area contributed by atoms with Gasteiger partial charge in [-0.3, -0.25) is 9.59 Å². The number of carbonyl (C=O) groups excluding carboxylic acids is 2. The van der Waals surface area contributed by atoms with Crippen molar-refractivity contribution in [3.63, 3.8) is 0 Å². The number of anilines is 1. The van der Waals surface area contributed by atoms with Gasteiger partial charge in [0.2, 0.25) is 11.8 Å². The van der Waals surface area contributed by atoms with E-state index in [-0.39, 0.29) is 24.7 Å². The fourth-order valence-electron chi connectivity index (χ4n) is 3.12. The Hall–Kier alpha value is -3.65. The lowest BCUT2D eigenvalue weighted by molar-refractivity contribution is -0.124. The number of para-hydroxylation sites is 1. The maximum atomic E-state index is 12.1. The van der Waals surface area contributed by atoms with Crippen LogP contribution >= 0.6 is 15.9 Å². The number of benzene rings is 3. The van der Waals surface area contributed by atoms with Gasteiger partial charge in [-0.15, -0.1) is 0 Å². The Balaban J connectivity index is 1.49. The fourth-order valence-corrected chi connectivity index (χ4v) is 3.39. The van der Waals surface area contributed by atoms with Crippen molar-refractivity contribution in [1.29, 1.82) is 0 Å². The predicted octanol–water partition coefficient (Wildman–Crippen LogP) is 5.60. The number of hydrazone groups is 1. The van der Waals surface area contributed by atoms with Gasteiger partial charge in [0.05, 0.1) is 12.8 Å². The third-order valence-corrected chi connectivity index (χ3v) is 5.51. The van der Waals surface area contributed by atoms with Crippen LogP contribution in [0.5, 0.6) is 11.5 Å². The molecule has 0 radical (unpaired) electrons. The summed E-state index contributed by atoms with van der Waals surface area (Å²) in [7, 11) is 0. The first-order chi connectivity index (χ1) is 16.9. The molecule has 0 fully saturated rings. The number of nitrogens with zero attached hydrogens (tertiary/aromatic N) is 1. The molecule has 0 aromatic heterocycles. The van der Waals surface area contributed by atoms with Crippen LogP contribution in [0, 0.1) is 6.92 Å². The number of ether oxygens (including phenoxy) is 2. The Morgan fingerprint density at radius 1 is 0.943 bits per heavy atom. The monoisotopic (exact) mass is 537 g/mol. The number of amides is 2. The molecular weight excluding hydrogens is 510 g/mol. The molecule has 2 amide bonds. The first-order valence-corrected chi connectivity index (χ1v) is 12.1. The molecule has 7 nitrogen and oxygen atoms in total. The molecule has 3 aromatic carbocycles. The van der Waals surface area contributed by atoms with Crippen molar-refractivity contribution in [2.24, 2.45) is 5.10 Å². The van der Waals surface area contributed by atoms with E-state index >= 15 is 0 Å². The highest BCUT2D eigenvalue weighted by Crippen LogP contribution is 2.29. The van der Waals surface area contributed by atoms with E-state index in [0.717, 1.165) is 26.9 Å². The van der Waals surface area contributed by atoms with Gasteiger partial charge >= 0.3 is 0 Å². The van der Waals surface area contributed by atoms with Crippen LogP contribution in [0.15, 0.2) is 76.3 Å². The Kier molecular flexibility index (Phi) is 9.86. The molecule has 0 saturated carbocycles. The molecule has 8 heteroatoms. The summed E-state index contributed by atoms with van der Waals surface area (Å²) in [5.41, 5.74) is 5.94. The van der Waals surface area contributed by atoms with Crippen LogP contribution < -0.4 is 20.2 Å². The van der Waals surface area contributed by atoms with Gasteiger partial charge in [0.15, 0.2) is 11.5 Å². The molecule has 182 valence electrons. The molecule has 0 atom stereocenters. The zero-order chi connectivity index (χ0) is 25.0. The van der Waals surface area contributed by atoms with Crippen molar-refractivity contribution in [3.05, 3.63) is 87.9 Å². The van der Waals surface area contributed by atoms with Gasteiger partial charge in [-0.1, -0.05) is 46.3 Å². The van der Waals surface area contributed by atoms with Gasteiger partial charge in [0.25, 0.3) is 0 Å². The summed E-state index contributed by atoms with van der Waals surface area (Å²) in [6, 6.07) is 20.8. The van der Waals surface area contributed by atoms with E-state index < -0.39 is 0 Å². The number of aryl methyl sites for hydroxylation is 1. The molecule has 0 saturated heterocycles. The molecule has 35 heavy (non-hydrogen) atoms. The Morgan fingerprint density at radius 3 is 2.43 bits per heavy atom. The average Bonchev–Trinajstić information content (AvgIpc) is 2.85. The largest absolute Gasteiger partial charge is 0.490 e. The van der Waals surface area contributed by atoms with Gasteiger partial charge in [-0.05, 0) is 66.9 Å². The number of halogens is 1. The molecule has 2 N–H and O–H groups in total. The highest BCUT2D eigenvalue weighted by Gasteiger charge is 2.09. The second-order valence-electron chi connectivity index (χ2n) is 7.71. The van der Waals surface area contributed by atoms with Crippen LogP contribution in [-0.4, -0.2) is 24.6 Å². The third kappa shape index (κ3) is 8.57. The van der Waals surface area contributed by atoms with Crippen LogP contribution in [0.1, 0.15) is 36.5 Å². The van der Waals surface area contributed by atoms with Crippen molar-refractivity contribution >= 4 is 39.6 Å². The van der Waals surface area contributed by atoms with Gasteiger partial charge < -0.3 is 14.8 Å². The van der Waals surface area contributed by atoms with Crippen LogP contribution in [0.4, 0.5) is 5.69 Å². The van der Waals surface area contributed by atoms with E-state index in [1.165, 1.54) is 6.21 Å². The van der Waals surface area contributed by atoms with Gasteiger partial charge in [-0.2, -0.15) is 5.10 Å². The first-order valence-electron chi connectivity index (χ1n) is 11.3. The Labute approximate surface area is 213 Å². The molecule has 3 rings (SSSR count). The molecule has 0 unspecified atom stereocenters. The second-order valence-corrected chi connectivity index (χ2v) is 8.63. The minimum atomic E-state index is -0.347. The highest BCUT2D eigenvalue weighted by atomic mass is 79.9. The quantitative estimate of drug-likeness (QED) is 0.246. The molecule has 0 aliphatic heterocycles. The number of hydrogen-bond acceptors (Lipinski definition) is 5. The normalized spacial score (nSPS) is 10.7. The third-order valence-electron chi connectivity index (χ3n) is 4.98. The summed E-state index contributed by atoms with van der Waals surface area (Å²) in [5, 5.41) is 6.80. The SMILES string of the molecule is CCOc1cc(C=NNC(=O)CCC(=O)Nc2ccccc2C)ccc1OCc1ccc(Br)cc1. The summed E-state index contributed by atoms with van der Waals surface area (Å²) in [6.45, 7) is 4.70. The van der Waals surface area contributed by atoms with Crippen molar-refractivity contribution in [2.45, 2.75) is 33.3 Å². The van der Waals surface area contributed by atoms with E-state index in [0.29, 0.717) is 24.7 Å². The molecule has 0 aliphatic rings. The Bertz CT molecular complexity index is 1180. The molecule has 3 aromatic rings. The maximum Gasteiger partial charge on any atom is 0.240 e. The molecular formula is C27H28BrN3O4. The molecule has 0 heterocycles. The zero-order valence-electron chi connectivity index (χ0n) is 19.7. The Morgan fingerprint density at radius 2 is 1.69 bits per heavy atom. The summed E-state index contributed by atoms with van der Waals surface area (Å²) < 4.78 is 12.6. The van der Waals surface area contributed by atoms with Crippen LogP contribution in [0.3, 0.4) is 0 Å². The van der Waals surface area contributed by atoms with Crippen molar-refractivity contribution in [1.82, 2.24) is 5.43 Å². The minimum Gasteiger partial charge on any atom is -0.490 e. The number of nitrogens with one attached hydrogen (secondary N) is 2. The maximum absolute atomic E-state index is 12.1. The smallest absolute Gasteiger partial charge is 0.240 e. The van der Waals surface area contributed by atoms with E-state index in [1.807, 2.05) is 74.5 Å². The fraction of sp³-hybridized carbons (Fsp3) is 0.222. The standard InChI is InChI=1S/C27H28BrN3O4/c1-3-34-25-16-21(10-13-24(25)35-18-20-8-11-22(28)12-9-20)17-29-31-27(33)15-14-26(32)30-23-7-5-4-6-19(23)2/h4-13,16-17H,3,14-15,18H2,1-2H3,(H,30,32)(H,31,33). The zero-order valence-corrected chi connectivity index (χ0v) is 21.3. The lowest BCUT2D eigenvalue weighted by Crippen LogP contribution is -2.20. The minimum absolute atomic E-state index is 0.0298. The second kappa shape index (κ2) is 13.3. The van der Waals surface area contributed by atoms with Gasteiger partial charge in [-0.25, -0.2) is 5.43 Å². The van der Waals surface area contributed by atoms with Gasteiger partial charge in [0, 0.05) is 23.0 Å². The lowest BCUT2D eigenvalue weighted by Gasteiger charge is -2.12. The van der Waals surface area contributed by atoms with Crippen molar-refractivity contribution in [3.8, 4) is 11.5 Å². The topological polar surface area (TPSA) is 89.0 Å². The lowest BCUT2D eigenvalue weighted by atomic mass is 10.2. The first kappa shape index (κ1) is 26.0. The number of carbonyl (C=O) groups is 2. The summed E-state index contributed by atoms with van der Waals surface area (Å²) in [5.74, 6) is 0.641. The van der Waals surface area contributed by atoms with Crippen molar-refractivity contribution in [2.75, 3.05) is 11.9 Å². The summed E-state index contributed by atoms with van der Waals surface area (Å²) >= 11 is 3.42. The molecule has 0 spiro atoms. The number of hydrogen-bond donors (Lipinski definition) is 2. The summed E-state index contributed by atoms with van der Waals surface area (Å²) in [4.78, 5) is 24.2. The summed E-state index contributed by atoms with van der Waals surface area (Å²) in [6.07, 6.45) is 1.61. The van der Waals surface area contributed by atoms with Gasteiger partial charge in [0.1, 0.15) is 6.61 Å². The highest BCUT2D eigenvalue weighted by molar-refractivity contribution is 9.10. The van der Waals surface area contributed by atoms with E-state index in [1.54, 1.807) is 6.07 Å². The van der Waals surface area contributed by atoms with E-state index in [4.69, 9.17) is 9.47 Å². The predicted molar refractivity (Wildman–Crippen MR) is 141 cm³/mol. The van der Waals surface area contributed by atoms with Crippen LogP contribution in [0.25, 0.3) is 0 Å². The van der Waals surface area contributed by atoms with E-state index in [2.05, 4.69) is 31.8 Å². The molecule has 0 bridgehead atoms. The number of rotatable bonds is 11. The van der Waals surface area contributed by atoms with Crippen LogP contribution in [-0.2, 0) is 16.2 Å².